The summed E-state index contributed by atoms with van der Waals surface area (Å²) < 4.78 is 12.2. The monoisotopic (exact) mass is 370 g/mol. The second-order valence-electron chi connectivity index (χ2n) is 5.52. The number of esters is 1. The first-order valence-corrected chi connectivity index (χ1v) is 8.88. The third-order valence-electron chi connectivity index (χ3n) is 3.76. The van der Waals surface area contributed by atoms with Gasteiger partial charge in [0.25, 0.3) is 5.56 Å². The van der Waals surface area contributed by atoms with Crippen LogP contribution in [0.25, 0.3) is 10.2 Å². The van der Waals surface area contributed by atoms with Crippen LogP contribution in [0, 0.1) is 6.92 Å². The highest BCUT2D eigenvalue weighted by molar-refractivity contribution is 7.20. The van der Waals surface area contributed by atoms with E-state index in [-0.39, 0.29) is 18.8 Å². The molecular weight excluding hydrogens is 352 g/mol. The first-order valence-electron chi connectivity index (χ1n) is 8.06. The van der Waals surface area contributed by atoms with Gasteiger partial charge in [-0.3, -0.25) is 9.36 Å². The van der Waals surface area contributed by atoms with E-state index in [1.54, 1.807) is 13.0 Å². The minimum Gasteiger partial charge on any atom is -0.490 e. The molecule has 0 atom stereocenters. The minimum absolute atomic E-state index is 0.121. The molecule has 0 N–H and O–H groups in total. The number of allylic oxidation sites excluding steroid dienone is 1. The summed E-state index contributed by atoms with van der Waals surface area (Å²) in [4.78, 5) is 30.0. The molecule has 26 heavy (non-hydrogen) atoms. The van der Waals surface area contributed by atoms with Crippen LogP contribution in [-0.4, -0.2) is 28.7 Å². The van der Waals surface area contributed by atoms with Gasteiger partial charge in [0.05, 0.1) is 11.7 Å². The second kappa shape index (κ2) is 7.97. The number of carbonyl (C=O) groups excluding carboxylic acids is 1. The van der Waals surface area contributed by atoms with E-state index in [0.29, 0.717) is 33.0 Å². The van der Waals surface area contributed by atoms with Crippen molar-refractivity contribution in [1.82, 2.24) is 9.55 Å². The molecule has 0 spiro atoms. The van der Waals surface area contributed by atoms with E-state index < -0.39 is 5.97 Å². The molecule has 134 valence electrons. The number of para-hydroxylation sites is 1. The highest BCUT2D eigenvalue weighted by Crippen LogP contribution is 2.27. The van der Waals surface area contributed by atoms with Gasteiger partial charge >= 0.3 is 5.97 Å². The summed E-state index contributed by atoms with van der Waals surface area (Å²) in [5.41, 5.74) is 0.407. The number of ether oxygens (including phenoxy) is 2. The smallest absolute Gasteiger partial charge is 0.348 e. The van der Waals surface area contributed by atoms with Gasteiger partial charge in [0.15, 0.2) is 0 Å². The van der Waals surface area contributed by atoms with Crippen molar-refractivity contribution in [1.29, 1.82) is 0 Å². The Bertz CT molecular complexity index is 992. The molecule has 6 nitrogen and oxygen atoms in total. The van der Waals surface area contributed by atoms with Crippen molar-refractivity contribution >= 4 is 27.5 Å². The summed E-state index contributed by atoms with van der Waals surface area (Å²) in [7, 11) is 0. The number of aromatic nitrogens is 2. The highest BCUT2D eigenvalue weighted by atomic mass is 32.1. The maximum atomic E-state index is 12.5. The Morgan fingerprint density at radius 2 is 2.08 bits per heavy atom. The van der Waals surface area contributed by atoms with Gasteiger partial charge in [-0.05, 0) is 24.6 Å². The molecule has 2 heterocycles. The fourth-order valence-corrected chi connectivity index (χ4v) is 3.53. The van der Waals surface area contributed by atoms with Crippen LogP contribution in [-0.2, 0) is 11.3 Å². The number of hydrogen-bond acceptors (Lipinski definition) is 6. The van der Waals surface area contributed by atoms with Crippen molar-refractivity contribution in [2.45, 2.75) is 13.5 Å². The molecule has 0 radical (unpaired) electrons. The number of thiophene rings is 1. The van der Waals surface area contributed by atoms with Crippen LogP contribution in [0.1, 0.15) is 15.2 Å². The van der Waals surface area contributed by atoms with Gasteiger partial charge in [0, 0.05) is 6.54 Å². The first-order chi connectivity index (χ1) is 12.6. The molecule has 1 aromatic carbocycles. The zero-order chi connectivity index (χ0) is 18.5. The SMILES string of the molecule is C=CCn1cnc2sc(C(=O)OCCOc3ccccc3)c(C)c2c1=O. The maximum Gasteiger partial charge on any atom is 0.348 e. The molecule has 0 unspecified atom stereocenters. The van der Waals surface area contributed by atoms with Crippen LogP contribution in [0.5, 0.6) is 5.75 Å². The van der Waals surface area contributed by atoms with Crippen LogP contribution in [0.15, 0.2) is 54.1 Å². The summed E-state index contributed by atoms with van der Waals surface area (Å²) >= 11 is 1.16. The van der Waals surface area contributed by atoms with Gasteiger partial charge in [-0.25, -0.2) is 9.78 Å². The molecule has 2 aromatic heterocycles. The summed E-state index contributed by atoms with van der Waals surface area (Å²) in [6.07, 6.45) is 3.09. The quantitative estimate of drug-likeness (QED) is 0.363. The van der Waals surface area contributed by atoms with Gasteiger partial charge in [-0.15, -0.1) is 17.9 Å². The van der Waals surface area contributed by atoms with Gasteiger partial charge in [0.1, 0.15) is 28.7 Å². The molecule has 0 saturated carbocycles. The lowest BCUT2D eigenvalue weighted by Crippen LogP contribution is -2.19. The van der Waals surface area contributed by atoms with Crippen LogP contribution in [0.3, 0.4) is 0 Å². The summed E-state index contributed by atoms with van der Waals surface area (Å²) in [6, 6.07) is 9.30. The van der Waals surface area contributed by atoms with Crippen molar-refractivity contribution in [3.05, 3.63) is 70.1 Å². The number of carbonyl (C=O) groups is 1. The van der Waals surface area contributed by atoms with Gasteiger partial charge in [0.2, 0.25) is 0 Å². The number of fused-ring (bicyclic) bond motifs is 1. The molecule has 0 aliphatic heterocycles. The molecule has 7 heteroatoms. The fourth-order valence-electron chi connectivity index (χ4n) is 2.50. The van der Waals surface area contributed by atoms with E-state index >= 15 is 0 Å². The number of aryl methyl sites for hydroxylation is 1. The van der Waals surface area contributed by atoms with Crippen molar-refractivity contribution in [2.24, 2.45) is 0 Å². The topological polar surface area (TPSA) is 70.4 Å². The van der Waals surface area contributed by atoms with Gasteiger partial charge < -0.3 is 9.47 Å². The van der Waals surface area contributed by atoms with Crippen LogP contribution >= 0.6 is 11.3 Å². The molecular formula is C19H18N2O4S. The summed E-state index contributed by atoms with van der Waals surface area (Å²) in [6.45, 7) is 6.10. The van der Waals surface area contributed by atoms with E-state index in [2.05, 4.69) is 11.6 Å². The van der Waals surface area contributed by atoms with Crippen LogP contribution in [0.2, 0.25) is 0 Å². The molecule has 0 bridgehead atoms. The Hall–Kier alpha value is -2.93. The normalized spacial score (nSPS) is 10.7. The van der Waals surface area contributed by atoms with Gasteiger partial charge in [-0.1, -0.05) is 24.3 Å². The number of hydrogen-bond donors (Lipinski definition) is 0. The number of nitrogens with zero attached hydrogens (tertiary/aromatic N) is 2. The number of rotatable bonds is 7. The Morgan fingerprint density at radius 3 is 2.81 bits per heavy atom. The zero-order valence-corrected chi connectivity index (χ0v) is 15.1. The maximum absolute atomic E-state index is 12.5. The number of benzene rings is 1. The lowest BCUT2D eigenvalue weighted by Gasteiger charge is -2.06. The lowest BCUT2D eigenvalue weighted by molar-refractivity contribution is 0.0455. The zero-order valence-electron chi connectivity index (χ0n) is 14.3. The van der Waals surface area contributed by atoms with Gasteiger partial charge in [-0.2, -0.15) is 0 Å². The summed E-state index contributed by atoms with van der Waals surface area (Å²) in [5.74, 6) is 0.241. The second-order valence-corrected chi connectivity index (χ2v) is 6.52. The molecule has 0 aliphatic carbocycles. The molecule has 3 aromatic rings. The predicted octanol–water partition coefficient (Wildman–Crippen LogP) is 3.19. The molecule has 0 saturated heterocycles. The third kappa shape index (κ3) is 3.67. The van der Waals surface area contributed by atoms with Crippen molar-refractivity contribution < 1.29 is 14.3 Å². The average molecular weight is 370 g/mol. The van der Waals surface area contributed by atoms with E-state index in [1.165, 1.54) is 10.9 Å². The molecule has 3 rings (SSSR count). The Kier molecular flexibility index (Phi) is 5.48. The predicted molar refractivity (Wildman–Crippen MR) is 101 cm³/mol. The first kappa shape index (κ1) is 17.9. The lowest BCUT2D eigenvalue weighted by atomic mass is 10.2. The van der Waals surface area contributed by atoms with Crippen molar-refractivity contribution in [3.63, 3.8) is 0 Å². The molecule has 0 aliphatic rings. The third-order valence-corrected chi connectivity index (χ3v) is 4.94. The molecule has 0 amide bonds. The molecule has 0 fully saturated rings. The van der Waals surface area contributed by atoms with E-state index in [4.69, 9.17) is 9.47 Å². The Morgan fingerprint density at radius 1 is 1.31 bits per heavy atom. The standard InChI is InChI=1S/C19H18N2O4S/c1-3-9-21-12-20-17-15(18(21)22)13(2)16(26-17)19(23)25-11-10-24-14-7-5-4-6-8-14/h3-8,12H,1,9-11H2,2H3. The Labute approximate surface area is 154 Å². The van der Waals surface area contributed by atoms with E-state index in [0.717, 1.165) is 11.3 Å². The summed E-state index contributed by atoms with van der Waals surface area (Å²) in [5, 5.41) is 0.451. The largest absolute Gasteiger partial charge is 0.490 e. The Balaban J connectivity index is 1.70. The highest BCUT2D eigenvalue weighted by Gasteiger charge is 2.20. The van der Waals surface area contributed by atoms with E-state index in [9.17, 15) is 9.59 Å². The van der Waals surface area contributed by atoms with Crippen molar-refractivity contribution in [2.75, 3.05) is 13.2 Å². The van der Waals surface area contributed by atoms with E-state index in [1.807, 2.05) is 30.3 Å². The average Bonchev–Trinajstić information content (AvgIpc) is 2.99. The van der Waals surface area contributed by atoms with Crippen LogP contribution < -0.4 is 10.3 Å². The van der Waals surface area contributed by atoms with Crippen molar-refractivity contribution in [3.8, 4) is 5.75 Å². The minimum atomic E-state index is -0.475. The fraction of sp³-hybridized carbons (Fsp3) is 0.211. The van der Waals surface area contributed by atoms with Crippen LogP contribution in [0.4, 0.5) is 0 Å².